The molecule has 0 radical (unpaired) electrons. The number of benzene rings is 1. The van der Waals surface area contributed by atoms with Crippen LogP contribution in [-0.2, 0) is 0 Å². The molecule has 108 valence electrons. The molecule has 1 aromatic carbocycles. The van der Waals surface area contributed by atoms with Gasteiger partial charge >= 0.3 is 12.3 Å². The maximum absolute atomic E-state index is 13.5. The fraction of sp³-hybridized carbons (Fsp3) is 0.500. The lowest BCUT2D eigenvalue weighted by atomic mass is 10.0. The molecule has 0 spiro atoms. The third-order valence-corrected chi connectivity index (χ3v) is 3.21. The molecule has 0 heterocycles. The molecule has 0 saturated heterocycles. The Bertz CT molecular complexity index is 428. The van der Waals surface area contributed by atoms with Gasteiger partial charge in [-0.3, -0.25) is 0 Å². The second-order valence-corrected chi connectivity index (χ2v) is 4.71. The summed E-state index contributed by atoms with van der Waals surface area (Å²) in [7, 11) is 1.43. The Labute approximate surface area is 117 Å². The number of alkyl halides is 4. The Morgan fingerprint density at radius 2 is 2.00 bits per heavy atom. The molecule has 1 aromatic rings. The maximum Gasteiger partial charge on any atom is 0.326 e. The minimum absolute atomic E-state index is 0.0693. The van der Waals surface area contributed by atoms with Crippen LogP contribution in [0.15, 0.2) is 22.7 Å². The van der Waals surface area contributed by atoms with Gasteiger partial charge in [0.05, 0.1) is 11.6 Å². The summed E-state index contributed by atoms with van der Waals surface area (Å²) in [6.45, 7) is 1.73. The van der Waals surface area contributed by atoms with E-state index in [-0.39, 0.29) is 12.1 Å². The molecule has 19 heavy (non-hydrogen) atoms. The largest absolute Gasteiger partial charge is 0.496 e. The number of ether oxygens (including phenoxy) is 1. The molecule has 1 N–H and O–H groups in total. The molecule has 2 nitrogen and oxygen atoms in total. The molecule has 1 rings (SSSR count). The maximum atomic E-state index is 13.5. The summed E-state index contributed by atoms with van der Waals surface area (Å²) in [6.07, 6.45) is -3.74. The number of methoxy groups -OCH3 is 1. The van der Waals surface area contributed by atoms with Gasteiger partial charge in [-0.1, -0.05) is 13.0 Å². The Hall–Kier alpha value is -0.820. The van der Waals surface area contributed by atoms with E-state index in [1.165, 1.54) is 25.3 Å². The highest BCUT2D eigenvalue weighted by molar-refractivity contribution is 9.10. The van der Waals surface area contributed by atoms with Crippen molar-refractivity contribution in [3.8, 4) is 5.75 Å². The van der Waals surface area contributed by atoms with Gasteiger partial charge in [-0.15, -0.1) is 0 Å². The van der Waals surface area contributed by atoms with Crippen molar-refractivity contribution < 1.29 is 22.3 Å². The van der Waals surface area contributed by atoms with Gasteiger partial charge in [0.15, 0.2) is 0 Å². The monoisotopic (exact) mass is 343 g/mol. The van der Waals surface area contributed by atoms with E-state index in [1.54, 1.807) is 6.92 Å². The van der Waals surface area contributed by atoms with E-state index in [9.17, 15) is 17.6 Å². The van der Waals surface area contributed by atoms with Crippen molar-refractivity contribution in [3.05, 3.63) is 28.2 Å². The molecule has 1 atom stereocenters. The van der Waals surface area contributed by atoms with Crippen LogP contribution in [0.3, 0.4) is 0 Å². The van der Waals surface area contributed by atoms with Crippen molar-refractivity contribution in [1.29, 1.82) is 0 Å². The van der Waals surface area contributed by atoms with Crippen molar-refractivity contribution in [2.45, 2.75) is 25.3 Å². The molecular formula is C12H14BrF4NO. The molecule has 0 bridgehead atoms. The lowest BCUT2D eigenvalue weighted by molar-refractivity contribution is -0.151. The normalized spacial score (nSPS) is 13.7. The fourth-order valence-corrected chi connectivity index (χ4v) is 2.23. The Balaban J connectivity index is 3.16. The second kappa shape index (κ2) is 6.56. The summed E-state index contributed by atoms with van der Waals surface area (Å²) in [5.74, 6) is -3.70. The molecule has 0 aliphatic carbocycles. The van der Waals surface area contributed by atoms with Crippen LogP contribution in [0, 0.1) is 0 Å². The predicted octanol–water partition coefficient (Wildman–Crippen LogP) is 4.01. The van der Waals surface area contributed by atoms with Gasteiger partial charge in [0.25, 0.3) is 0 Å². The summed E-state index contributed by atoms with van der Waals surface area (Å²) >= 11 is 3.15. The first kappa shape index (κ1) is 16.2. The van der Waals surface area contributed by atoms with Gasteiger partial charge < -0.3 is 10.1 Å². The van der Waals surface area contributed by atoms with Crippen LogP contribution >= 0.6 is 15.9 Å². The molecule has 0 aliphatic heterocycles. The van der Waals surface area contributed by atoms with Crippen LogP contribution in [0.25, 0.3) is 0 Å². The summed E-state index contributed by atoms with van der Waals surface area (Å²) < 4.78 is 57.5. The van der Waals surface area contributed by atoms with E-state index in [0.717, 1.165) is 0 Å². The van der Waals surface area contributed by atoms with Gasteiger partial charge in [-0.25, -0.2) is 8.78 Å². The van der Waals surface area contributed by atoms with Gasteiger partial charge in [-0.05, 0) is 40.2 Å². The molecule has 0 saturated carbocycles. The van der Waals surface area contributed by atoms with Crippen LogP contribution in [0.1, 0.15) is 18.5 Å². The third-order valence-electron chi connectivity index (χ3n) is 2.59. The van der Waals surface area contributed by atoms with Gasteiger partial charge in [0.2, 0.25) is 0 Å². The zero-order valence-electron chi connectivity index (χ0n) is 10.4. The Morgan fingerprint density at radius 1 is 1.37 bits per heavy atom. The highest BCUT2D eigenvalue weighted by Crippen LogP contribution is 2.38. The first-order valence-electron chi connectivity index (χ1n) is 5.57. The van der Waals surface area contributed by atoms with E-state index in [2.05, 4.69) is 21.2 Å². The quantitative estimate of drug-likeness (QED) is 0.788. The lowest BCUT2D eigenvalue weighted by Gasteiger charge is -2.27. The van der Waals surface area contributed by atoms with Crippen LogP contribution < -0.4 is 10.1 Å². The van der Waals surface area contributed by atoms with Crippen LogP contribution in [0.2, 0.25) is 0 Å². The molecule has 0 aliphatic rings. The van der Waals surface area contributed by atoms with E-state index in [1.807, 2.05) is 0 Å². The zero-order chi connectivity index (χ0) is 14.6. The Kier molecular flexibility index (Phi) is 5.61. The number of halogens is 5. The number of rotatable bonds is 6. The minimum atomic E-state index is -4.15. The van der Waals surface area contributed by atoms with E-state index < -0.39 is 18.4 Å². The standard InChI is InChI=1S/C12H14BrF4NO/c1-3-18-10(12(16,17)11(14)15)7-4-5-9(19-2)8(13)6-7/h4-6,10-11,18H,3H2,1-2H3. The van der Waals surface area contributed by atoms with E-state index >= 15 is 0 Å². The Morgan fingerprint density at radius 3 is 2.42 bits per heavy atom. The summed E-state index contributed by atoms with van der Waals surface area (Å²) in [5, 5.41) is 2.39. The van der Waals surface area contributed by atoms with Gasteiger partial charge in [-0.2, -0.15) is 8.78 Å². The predicted molar refractivity (Wildman–Crippen MR) is 68.1 cm³/mol. The molecular weight excluding hydrogens is 330 g/mol. The highest BCUT2D eigenvalue weighted by atomic mass is 79.9. The van der Waals surface area contributed by atoms with Crippen molar-refractivity contribution in [2.24, 2.45) is 0 Å². The summed E-state index contributed by atoms with van der Waals surface area (Å²) in [5.41, 5.74) is 0.0693. The van der Waals surface area contributed by atoms with Crippen LogP contribution in [0.4, 0.5) is 17.6 Å². The topological polar surface area (TPSA) is 21.3 Å². The average molecular weight is 344 g/mol. The SMILES string of the molecule is CCNC(c1ccc(OC)c(Br)c1)C(F)(F)C(F)F. The molecule has 0 fully saturated rings. The van der Waals surface area contributed by atoms with Crippen LogP contribution in [-0.4, -0.2) is 26.0 Å². The molecule has 0 aromatic heterocycles. The highest BCUT2D eigenvalue weighted by Gasteiger charge is 2.49. The first-order chi connectivity index (χ1) is 8.84. The van der Waals surface area contributed by atoms with Gasteiger partial charge in [0.1, 0.15) is 11.8 Å². The summed E-state index contributed by atoms with van der Waals surface area (Å²) in [4.78, 5) is 0. The van der Waals surface area contributed by atoms with Crippen molar-refractivity contribution in [3.63, 3.8) is 0 Å². The third kappa shape index (κ3) is 3.60. The number of nitrogens with one attached hydrogen (secondary N) is 1. The van der Waals surface area contributed by atoms with Crippen molar-refractivity contribution in [2.75, 3.05) is 13.7 Å². The number of hydrogen-bond acceptors (Lipinski definition) is 2. The smallest absolute Gasteiger partial charge is 0.326 e. The van der Waals surface area contributed by atoms with Gasteiger partial charge in [0, 0.05) is 0 Å². The van der Waals surface area contributed by atoms with Crippen molar-refractivity contribution >= 4 is 15.9 Å². The molecule has 1 unspecified atom stereocenters. The molecule has 0 amide bonds. The van der Waals surface area contributed by atoms with Crippen LogP contribution in [0.5, 0.6) is 5.75 Å². The average Bonchev–Trinajstić information content (AvgIpc) is 2.35. The summed E-state index contributed by atoms with van der Waals surface area (Å²) in [6, 6.07) is 2.39. The minimum Gasteiger partial charge on any atom is -0.496 e. The fourth-order valence-electron chi connectivity index (χ4n) is 1.67. The second-order valence-electron chi connectivity index (χ2n) is 3.86. The number of hydrogen-bond donors (Lipinski definition) is 1. The lowest BCUT2D eigenvalue weighted by Crippen LogP contribution is -2.42. The molecule has 7 heteroatoms. The van der Waals surface area contributed by atoms with E-state index in [4.69, 9.17) is 4.74 Å². The zero-order valence-corrected chi connectivity index (χ0v) is 12.0. The first-order valence-corrected chi connectivity index (χ1v) is 6.36. The van der Waals surface area contributed by atoms with Crippen molar-refractivity contribution in [1.82, 2.24) is 5.32 Å². The van der Waals surface area contributed by atoms with E-state index in [0.29, 0.717) is 10.2 Å².